The fraction of sp³-hybridized carbons (Fsp3) is 0.679. The van der Waals surface area contributed by atoms with Crippen molar-refractivity contribution in [1.29, 1.82) is 0 Å². The van der Waals surface area contributed by atoms with Gasteiger partial charge in [0.15, 0.2) is 5.83 Å². The number of carbonyl (C=O) groups excluding carboxylic acids is 1. The summed E-state index contributed by atoms with van der Waals surface area (Å²) in [7, 11) is 2.14. The average molecular weight is 561 g/mol. The number of benzene rings is 1. The van der Waals surface area contributed by atoms with Crippen molar-refractivity contribution >= 4 is 17.3 Å². The highest BCUT2D eigenvalue weighted by molar-refractivity contribution is 5.82. The molecule has 6 rings (SSSR count). The highest BCUT2D eigenvalue weighted by Gasteiger charge is 2.53. The van der Waals surface area contributed by atoms with Gasteiger partial charge in [0.2, 0.25) is 5.91 Å². The van der Waals surface area contributed by atoms with Crippen molar-refractivity contribution in [3.63, 3.8) is 0 Å². The summed E-state index contributed by atoms with van der Waals surface area (Å²) in [6.07, 6.45) is 1.16. The predicted molar refractivity (Wildman–Crippen MR) is 149 cm³/mol. The van der Waals surface area contributed by atoms with Crippen molar-refractivity contribution in [1.82, 2.24) is 30.9 Å². The first kappa shape index (κ1) is 27.8. The van der Waals surface area contributed by atoms with Crippen LogP contribution in [-0.4, -0.2) is 103 Å². The van der Waals surface area contributed by atoms with E-state index in [1.54, 1.807) is 6.92 Å². The Hall–Kier alpha value is -2.35. The number of likely N-dealkylation sites (N-methyl/N-ethyl adjacent to an activating group) is 1. The Kier molecular flexibility index (Phi) is 7.75. The lowest BCUT2D eigenvalue weighted by molar-refractivity contribution is -0.147. The van der Waals surface area contributed by atoms with Crippen molar-refractivity contribution in [3.8, 4) is 0 Å². The van der Waals surface area contributed by atoms with E-state index >= 15 is 4.39 Å². The number of halogens is 2. The van der Waals surface area contributed by atoms with Crippen molar-refractivity contribution in [3.05, 3.63) is 35.9 Å². The molecule has 2 bridgehead atoms. The van der Waals surface area contributed by atoms with Crippen molar-refractivity contribution < 1.29 is 18.7 Å². The minimum Gasteiger partial charge on any atom is -0.389 e. The highest BCUT2D eigenvalue weighted by Crippen LogP contribution is 2.36. The van der Waals surface area contributed by atoms with Crippen molar-refractivity contribution in [2.75, 3.05) is 56.5 Å². The Morgan fingerprint density at radius 1 is 1.05 bits per heavy atom. The summed E-state index contributed by atoms with van der Waals surface area (Å²) < 4.78 is 29.8. The molecule has 1 amide bonds. The van der Waals surface area contributed by atoms with Crippen LogP contribution in [-0.2, 0) is 4.79 Å². The number of anilines is 2. The Morgan fingerprint density at radius 2 is 1.80 bits per heavy atom. The molecule has 12 heteroatoms. The van der Waals surface area contributed by atoms with E-state index in [0.29, 0.717) is 6.54 Å². The maximum Gasteiger partial charge on any atom is 0.244 e. The van der Waals surface area contributed by atoms with E-state index in [9.17, 15) is 14.3 Å². The third-order valence-electron chi connectivity index (χ3n) is 9.31. The van der Waals surface area contributed by atoms with Gasteiger partial charge in [0.25, 0.3) is 0 Å². The number of fused-ring (bicyclic) bond motifs is 6. The van der Waals surface area contributed by atoms with Gasteiger partial charge in [0.1, 0.15) is 12.1 Å². The smallest absolute Gasteiger partial charge is 0.244 e. The summed E-state index contributed by atoms with van der Waals surface area (Å²) >= 11 is 0. The first-order valence-corrected chi connectivity index (χ1v) is 14.6. The fourth-order valence-electron chi connectivity index (χ4n) is 6.76. The van der Waals surface area contributed by atoms with Crippen molar-refractivity contribution in [2.24, 2.45) is 5.92 Å². The van der Waals surface area contributed by atoms with Gasteiger partial charge in [0.05, 0.1) is 30.4 Å². The quantitative estimate of drug-likeness (QED) is 0.377. The molecule has 1 aromatic carbocycles. The van der Waals surface area contributed by atoms with Gasteiger partial charge < -0.3 is 20.2 Å². The molecule has 0 saturated carbocycles. The summed E-state index contributed by atoms with van der Waals surface area (Å²) in [5, 5.41) is 28.3. The van der Waals surface area contributed by atoms with E-state index in [-0.39, 0.29) is 37.2 Å². The van der Waals surface area contributed by atoms with E-state index in [1.807, 2.05) is 5.01 Å². The molecular formula is C28H42F2N8O2. The molecule has 10 nitrogen and oxygen atoms in total. The standard InChI is InChI=1S/C28H42F2N8O2/c1-28(40)11-10-21(29)22(30)17-37-26(39)20-16-31-27(34-25(20)38(37)24-5-3-4-23(28)33-24)32-18-6-8-19(9-7-18)36-14-12-35(2)13-15-36/h6-9,20,23-25,27,31-34,40H,3-5,10-17H2,1-2H3/b22-21-. The monoisotopic (exact) mass is 560 g/mol. The maximum absolute atomic E-state index is 15.0. The molecule has 220 valence electrons. The zero-order valence-electron chi connectivity index (χ0n) is 23.4. The number of piperidine rings is 1. The second-order valence-corrected chi connectivity index (χ2v) is 12.1. The number of carbonyl (C=O) groups is 1. The molecule has 5 aliphatic rings. The molecule has 5 N–H and O–H groups in total. The van der Waals surface area contributed by atoms with Gasteiger partial charge in [-0.25, -0.2) is 8.78 Å². The number of amides is 1. The molecule has 5 aliphatic heterocycles. The summed E-state index contributed by atoms with van der Waals surface area (Å²) in [6.45, 7) is 5.73. The van der Waals surface area contributed by atoms with Crippen LogP contribution in [0.2, 0.25) is 0 Å². The predicted octanol–water partition coefficient (Wildman–Crippen LogP) is 1.49. The minimum atomic E-state index is -1.20. The molecule has 4 fully saturated rings. The average Bonchev–Trinajstić information content (AvgIpc) is 3.22. The number of hydrogen-bond donors (Lipinski definition) is 5. The molecule has 0 aromatic heterocycles. The lowest BCUT2D eigenvalue weighted by Gasteiger charge is -2.47. The van der Waals surface area contributed by atoms with Gasteiger partial charge in [0, 0.05) is 56.6 Å². The van der Waals surface area contributed by atoms with E-state index < -0.39 is 35.9 Å². The highest BCUT2D eigenvalue weighted by atomic mass is 19.2. The normalized spacial score (nSPS) is 38.0. The zero-order chi connectivity index (χ0) is 28.0. The number of aliphatic hydroxyl groups is 1. The van der Waals surface area contributed by atoms with Crippen molar-refractivity contribution in [2.45, 2.75) is 69.3 Å². The van der Waals surface area contributed by atoms with E-state index in [4.69, 9.17) is 0 Å². The van der Waals surface area contributed by atoms with Gasteiger partial charge in [-0.05, 0) is 63.9 Å². The molecule has 5 heterocycles. The number of allylic oxidation sites excluding steroid dienone is 1. The number of nitrogens with zero attached hydrogens (tertiary/aromatic N) is 4. The van der Waals surface area contributed by atoms with Crippen LogP contribution in [0.5, 0.6) is 0 Å². The van der Waals surface area contributed by atoms with Gasteiger partial charge in [-0.2, -0.15) is 5.01 Å². The Balaban J connectivity index is 1.20. The van der Waals surface area contributed by atoms with E-state index in [0.717, 1.165) is 51.1 Å². The fourth-order valence-corrected chi connectivity index (χ4v) is 6.76. The van der Waals surface area contributed by atoms with Crippen LogP contribution in [0.1, 0.15) is 39.0 Å². The van der Waals surface area contributed by atoms with Gasteiger partial charge in [-0.15, -0.1) is 0 Å². The van der Waals surface area contributed by atoms with Gasteiger partial charge in [-0.1, -0.05) is 0 Å². The Morgan fingerprint density at radius 3 is 2.55 bits per heavy atom. The largest absolute Gasteiger partial charge is 0.389 e. The minimum absolute atomic E-state index is 0.110. The number of nitrogens with one attached hydrogen (secondary N) is 4. The SMILES string of the molecule is CN1CCN(c2ccc(NC3NCC4C(=O)N5C/C(F)=C(/F)CCC(C)(O)C6CCCC(N6)N5C4N3)cc2)CC1. The van der Waals surface area contributed by atoms with Gasteiger partial charge >= 0.3 is 0 Å². The lowest BCUT2D eigenvalue weighted by Crippen LogP contribution is -2.69. The van der Waals surface area contributed by atoms with E-state index in [2.05, 4.69) is 62.4 Å². The molecule has 1 aromatic rings. The van der Waals surface area contributed by atoms with Crippen LogP contribution in [0, 0.1) is 5.92 Å². The maximum atomic E-state index is 15.0. The molecule has 0 aliphatic carbocycles. The van der Waals surface area contributed by atoms with Crippen LogP contribution in [0.4, 0.5) is 20.2 Å². The molecule has 40 heavy (non-hydrogen) atoms. The van der Waals surface area contributed by atoms with Crippen LogP contribution in [0.25, 0.3) is 0 Å². The Bertz CT molecular complexity index is 1110. The number of rotatable bonds is 3. The third kappa shape index (κ3) is 5.45. The van der Waals surface area contributed by atoms with E-state index in [1.165, 1.54) is 10.7 Å². The number of piperazine rings is 1. The zero-order valence-corrected chi connectivity index (χ0v) is 23.4. The number of hydrazine groups is 1. The molecule has 0 spiro atoms. The molecule has 0 radical (unpaired) electrons. The molecule has 6 unspecified atom stereocenters. The topological polar surface area (TPSA) is 98.4 Å². The van der Waals surface area contributed by atoms with Crippen LogP contribution >= 0.6 is 0 Å². The molecule has 6 atom stereocenters. The van der Waals surface area contributed by atoms with Crippen LogP contribution in [0.15, 0.2) is 35.9 Å². The molecule has 4 saturated heterocycles. The Labute approximate surface area is 234 Å². The first-order chi connectivity index (χ1) is 19.2. The summed E-state index contributed by atoms with van der Waals surface area (Å²) in [6, 6.07) is 8.07. The van der Waals surface area contributed by atoms with Gasteiger partial charge in [-0.3, -0.25) is 25.8 Å². The molecular weight excluding hydrogens is 518 g/mol. The summed E-state index contributed by atoms with van der Waals surface area (Å²) in [4.78, 5) is 18.2. The summed E-state index contributed by atoms with van der Waals surface area (Å²) in [5.41, 5.74) is 0.930. The third-order valence-corrected chi connectivity index (χ3v) is 9.31. The van der Waals surface area contributed by atoms with Crippen LogP contribution in [0.3, 0.4) is 0 Å². The van der Waals surface area contributed by atoms with Crippen LogP contribution < -0.4 is 26.2 Å². The lowest BCUT2D eigenvalue weighted by atomic mass is 9.85. The first-order valence-electron chi connectivity index (χ1n) is 14.6. The summed E-state index contributed by atoms with van der Waals surface area (Å²) in [5.74, 6) is -2.55. The number of hydrogen-bond acceptors (Lipinski definition) is 9. The second kappa shape index (κ2) is 11.1. The second-order valence-electron chi connectivity index (χ2n) is 12.1.